The van der Waals surface area contributed by atoms with Crippen molar-refractivity contribution in [1.82, 2.24) is 4.90 Å². The van der Waals surface area contributed by atoms with E-state index < -0.39 is 0 Å². The number of anilines is 2. The third kappa shape index (κ3) is 2.88. The number of rotatable bonds is 3. The summed E-state index contributed by atoms with van der Waals surface area (Å²) in [4.78, 5) is 17.1. The predicted molar refractivity (Wildman–Crippen MR) is 92.9 cm³/mol. The van der Waals surface area contributed by atoms with Gasteiger partial charge in [-0.25, -0.2) is 0 Å². The molecule has 1 aromatic rings. The lowest BCUT2D eigenvalue weighted by molar-refractivity contribution is 0.0833. The molecule has 0 spiro atoms. The number of carbonyl (C=O) groups excluding carboxylic acids is 1. The summed E-state index contributed by atoms with van der Waals surface area (Å²) in [6.07, 6.45) is 2.42. The van der Waals surface area contributed by atoms with Crippen LogP contribution in [-0.2, 0) is 0 Å². The first kappa shape index (κ1) is 15.0. The van der Waals surface area contributed by atoms with Gasteiger partial charge < -0.3 is 15.5 Å². The Morgan fingerprint density at radius 2 is 2.10 bits per heavy atom. The largest absolute Gasteiger partial charge is 0.397 e. The van der Waals surface area contributed by atoms with E-state index in [0.717, 1.165) is 29.4 Å². The summed E-state index contributed by atoms with van der Waals surface area (Å²) in [5, 5.41) is 1.90. The van der Waals surface area contributed by atoms with E-state index in [4.69, 9.17) is 5.73 Å². The number of thiophene rings is 1. The summed E-state index contributed by atoms with van der Waals surface area (Å²) in [7, 11) is 3.58. The van der Waals surface area contributed by atoms with Crippen molar-refractivity contribution >= 4 is 39.7 Å². The minimum Gasteiger partial charge on any atom is -0.397 e. The quantitative estimate of drug-likeness (QED) is 0.928. The summed E-state index contributed by atoms with van der Waals surface area (Å²) in [6.45, 7) is 4.39. The van der Waals surface area contributed by atoms with Gasteiger partial charge in [0.15, 0.2) is 0 Å². The van der Waals surface area contributed by atoms with Crippen LogP contribution in [0.5, 0.6) is 0 Å². The molecule has 1 saturated carbocycles. The zero-order valence-electron chi connectivity index (χ0n) is 12.9. The van der Waals surface area contributed by atoms with E-state index in [1.165, 1.54) is 23.4 Å². The van der Waals surface area contributed by atoms with Gasteiger partial charge in [-0.15, -0.1) is 11.3 Å². The van der Waals surface area contributed by atoms with Gasteiger partial charge >= 0.3 is 0 Å². The molecule has 21 heavy (non-hydrogen) atoms. The number of amides is 1. The van der Waals surface area contributed by atoms with Gasteiger partial charge in [0.05, 0.1) is 10.7 Å². The second kappa shape index (κ2) is 5.72. The Morgan fingerprint density at radius 1 is 1.38 bits per heavy atom. The molecule has 1 aliphatic heterocycles. The van der Waals surface area contributed by atoms with Crippen molar-refractivity contribution in [3.63, 3.8) is 0 Å². The van der Waals surface area contributed by atoms with Crippen molar-refractivity contribution < 1.29 is 4.79 Å². The first-order chi connectivity index (χ1) is 9.99. The van der Waals surface area contributed by atoms with E-state index >= 15 is 0 Å². The molecule has 1 amide bonds. The van der Waals surface area contributed by atoms with Crippen LogP contribution < -0.4 is 10.6 Å². The van der Waals surface area contributed by atoms with Gasteiger partial charge in [-0.1, -0.05) is 6.92 Å². The zero-order chi connectivity index (χ0) is 15.1. The van der Waals surface area contributed by atoms with Crippen LogP contribution in [0.15, 0.2) is 0 Å². The van der Waals surface area contributed by atoms with Crippen LogP contribution >= 0.6 is 23.1 Å². The first-order valence-corrected chi connectivity index (χ1v) is 9.36. The standard InChI is InChI=1S/C15H23N3OS2/c1-9-8-18(6-7-20-9)15-11(10-4-5-10)12(16)13(21-15)14(19)17(2)3/h9-10H,4-8,16H2,1-3H3. The van der Waals surface area contributed by atoms with E-state index in [1.54, 1.807) is 30.3 Å². The van der Waals surface area contributed by atoms with Gasteiger partial charge in [-0.05, 0) is 18.8 Å². The minimum atomic E-state index is 0.0325. The molecule has 0 radical (unpaired) electrons. The average Bonchev–Trinajstić information content (AvgIpc) is 3.21. The Kier molecular flexibility index (Phi) is 4.10. The smallest absolute Gasteiger partial charge is 0.265 e. The average molecular weight is 326 g/mol. The molecule has 1 saturated heterocycles. The first-order valence-electron chi connectivity index (χ1n) is 7.49. The summed E-state index contributed by atoms with van der Waals surface area (Å²) >= 11 is 3.63. The van der Waals surface area contributed by atoms with Gasteiger partial charge in [0, 0.05) is 43.8 Å². The predicted octanol–water partition coefficient (Wildman–Crippen LogP) is 2.85. The Bertz CT molecular complexity index is 551. The van der Waals surface area contributed by atoms with E-state index in [2.05, 4.69) is 11.8 Å². The maximum Gasteiger partial charge on any atom is 0.265 e. The highest BCUT2D eigenvalue weighted by molar-refractivity contribution is 8.00. The van der Waals surface area contributed by atoms with Crippen molar-refractivity contribution in [3.8, 4) is 0 Å². The van der Waals surface area contributed by atoms with Crippen LogP contribution in [0.3, 0.4) is 0 Å². The topological polar surface area (TPSA) is 49.6 Å². The van der Waals surface area contributed by atoms with Crippen molar-refractivity contribution in [1.29, 1.82) is 0 Å². The Morgan fingerprint density at radius 3 is 2.67 bits per heavy atom. The fraction of sp³-hybridized carbons (Fsp3) is 0.667. The molecular weight excluding hydrogens is 302 g/mol. The molecule has 2 fully saturated rings. The molecule has 1 unspecified atom stereocenters. The molecule has 1 aliphatic carbocycles. The van der Waals surface area contributed by atoms with Crippen LogP contribution in [0.1, 0.15) is 40.9 Å². The van der Waals surface area contributed by atoms with E-state index in [-0.39, 0.29) is 5.91 Å². The fourth-order valence-electron chi connectivity index (χ4n) is 2.81. The Labute approximate surface area is 134 Å². The highest BCUT2D eigenvalue weighted by atomic mass is 32.2. The molecule has 3 rings (SSSR count). The van der Waals surface area contributed by atoms with Crippen molar-refractivity contribution in [2.24, 2.45) is 0 Å². The molecule has 0 bridgehead atoms. The SMILES string of the molecule is CC1CN(c2sc(C(=O)N(C)C)c(N)c2C2CC2)CCS1. The molecule has 2 heterocycles. The molecule has 1 atom stereocenters. The van der Waals surface area contributed by atoms with E-state index in [1.807, 2.05) is 11.8 Å². The Balaban J connectivity index is 1.98. The zero-order valence-corrected chi connectivity index (χ0v) is 14.5. The van der Waals surface area contributed by atoms with Crippen LogP contribution in [0.2, 0.25) is 0 Å². The number of nitrogen functional groups attached to an aromatic ring is 1. The van der Waals surface area contributed by atoms with Gasteiger partial charge in [0.2, 0.25) is 0 Å². The molecule has 4 nitrogen and oxygen atoms in total. The normalized spacial score (nSPS) is 22.4. The number of thioether (sulfide) groups is 1. The third-order valence-electron chi connectivity index (χ3n) is 4.08. The number of nitrogens with zero attached hydrogens (tertiary/aromatic N) is 2. The van der Waals surface area contributed by atoms with Crippen LogP contribution in [0.25, 0.3) is 0 Å². The lowest BCUT2D eigenvalue weighted by Gasteiger charge is -2.32. The maximum atomic E-state index is 12.4. The van der Waals surface area contributed by atoms with Crippen LogP contribution in [0.4, 0.5) is 10.7 Å². The van der Waals surface area contributed by atoms with E-state index in [9.17, 15) is 4.79 Å². The van der Waals surface area contributed by atoms with Crippen LogP contribution in [0, 0.1) is 0 Å². The number of carbonyl (C=O) groups is 1. The fourth-order valence-corrected chi connectivity index (χ4v) is 5.19. The van der Waals surface area contributed by atoms with Crippen molar-refractivity contribution in [2.75, 3.05) is 43.6 Å². The molecule has 0 aromatic carbocycles. The Hall–Kier alpha value is -0.880. The molecule has 1 aromatic heterocycles. The molecule has 2 aliphatic rings. The lowest BCUT2D eigenvalue weighted by atomic mass is 10.1. The highest BCUT2D eigenvalue weighted by Gasteiger charge is 2.35. The van der Waals surface area contributed by atoms with Crippen LogP contribution in [-0.4, -0.2) is 49.0 Å². The van der Waals surface area contributed by atoms with Gasteiger partial charge in [0.25, 0.3) is 5.91 Å². The van der Waals surface area contributed by atoms with Gasteiger partial charge in [-0.2, -0.15) is 11.8 Å². The third-order valence-corrected chi connectivity index (χ3v) is 6.48. The highest BCUT2D eigenvalue weighted by Crippen LogP contribution is 2.52. The molecule has 6 heteroatoms. The summed E-state index contributed by atoms with van der Waals surface area (Å²) < 4.78 is 0. The van der Waals surface area contributed by atoms with Gasteiger partial charge in [-0.3, -0.25) is 4.79 Å². The molecule has 2 N–H and O–H groups in total. The monoisotopic (exact) mass is 325 g/mol. The summed E-state index contributed by atoms with van der Waals surface area (Å²) in [5.74, 6) is 1.76. The minimum absolute atomic E-state index is 0.0325. The summed E-state index contributed by atoms with van der Waals surface area (Å²) in [6, 6.07) is 0. The lowest BCUT2D eigenvalue weighted by Crippen LogP contribution is -2.36. The van der Waals surface area contributed by atoms with E-state index in [0.29, 0.717) is 11.2 Å². The second-order valence-corrected chi connectivity index (χ2v) is 8.71. The molecular formula is C15H23N3OS2. The van der Waals surface area contributed by atoms with Gasteiger partial charge in [0.1, 0.15) is 4.88 Å². The van der Waals surface area contributed by atoms with Crippen molar-refractivity contribution in [3.05, 3.63) is 10.4 Å². The number of hydrogen-bond acceptors (Lipinski definition) is 5. The summed E-state index contributed by atoms with van der Waals surface area (Å²) in [5.41, 5.74) is 8.35. The number of nitrogens with two attached hydrogens (primary N) is 1. The number of hydrogen-bond donors (Lipinski definition) is 1. The van der Waals surface area contributed by atoms with Crippen molar-refractivity contribution in [2.45, 2.75) is 30.9 Å². The second-order valence-electron chi connectivity index (χ2n) is 6.16. The maximum absolute atomic E-state index is 12.4. The molecule has 116 valence electrons.